The summed E-state index contributed by atoms with van der Waals surface area (Å²) in [5.74, 6) is 0.351. The summed E-state index contributed by atoms with van der Waals surface area (Å²) in [6.07, 6.45) is 5.16. The summed E-state index contributed by atoms with van der Waals surface area (Å²) in [5, 5.41) is 8.27. The van der Waals surface area contributed by atoms with E-state index >= 15 is 0 Å². The van der Waals surface area contributed by atoms with Gasteiger partial charge in [0.2, 0.25) is 0 Å². The second-order valence-electron chi connectivity index (χ2n) is 2.30. The lowest BCUT2D eigenvalue weighted by Gasteiger charge is -2.09. The molecule has 0 atom stereocenters. The van der Waals surface area contributed by atoms with E-state index in [9.17, 15) is 4.79 Å². The average molecular weight is 153 g/mol. The molecule has 1 N–H and O–H groups in total. The molecular formula is C8H9O3. The lowest BCUT2D eigenvalue weighted by molar-refractivity contribution is 0.119. The molecule has 0 saturated carbocycles. The molecule has 0 aromatic carbocycles. The molecule has 0 saturated heterocycles. The van der Waals surface area contributed by atoms with E-state index in [2.05, 4.69) is 10.8 Å². The highest BCUT2D eigenvalue weighted by Crippen LogP contribution is 2.17. The number of hydrogen-bond donors (Lipinski definition) is 1. The molecule has 1 rings (SSSR count). The molecule has 0 spiro atoms. The van der Waals surface area contributed by atoms with Gasteiger partial charge in [0.15, 0.2) is 0 Å². The van der Waals surface area contributed by atoms with Crippen molar-refractivity contribution >= 4 is 6.16 Å². The number of rotatable bonds is 1. The Morgan fingerprint density at radius 3 is 3.09 bits per heavy atom. The van der Waals surface area contributed by atoms with Gasteiger partial charge in [-0.25, -0.2) is 4.79 Å². The van der Waals surface area contributed by atoms with Crippen molar-refractivity contribution in [2.75, 3.05) is 0 Å². The fourth-order valence-electron chi connectivity index (χ4n) is 0.910. The van der Waals surface area contributed by atoms with Crippen LogP contribution in [0.2, 0.25) is 0 Å². The first kappa shape index (κ1) is 7.85. The fraction of sp³-hybridized carbons (Fsp3) is 0.375. The molecule has 0 bridgehead atoms. The van der Waals surface area contributed by atoms with Crippen molar-refractivity contribution in [1.82, 2.24) is 0 Å². The van der Waals surface area contributed by atoms with Crippen LogP contribution in [0.4, 0.5) is 4.79 Å². The largest absolute Gasteiger partial charge is 0.511 e. The Labute approximate surface area is 65.0 Å². The third-order valence-electron chi connectivity index (χ3n) is 1.43. The minimum Gasteiger partial charge on any atom is -0.449 e. The van der Waals surface area contributed by atoms with Crippen LogP contribution >= 0.6 is 0 Å². The molecule has 0 amide bonds. The van der Waals surface area contributed by atoms with Crippen LogP contribution in [0, 0.1) is 6.08 Å². The van der Waals surface area contributed by atoms with E-state index in [4.69, 9.17) is 5.11 Å². The van der Waals surface area contributed by atoms with E-state index < -0.39 is 6.16 Å². The highest BCUT2D eigenvalue weighted by Gasteiger charge is 2.09. The average Bonchev–Trinajstić information content (AvgIpc) is 1.93. The van der Waals surface area contributed by atoms with Crippen LogP contribution in [0.1, 0.15) is 19.8 Å². The Bertz CT molecular complexity index is 225. The first-order valence-electron chi connectivity index (χ1n) is 3.39. The molecule has 1 aliphatic carbocycles. The molecule has 3 nitrogen and oxygen atoms in total. The zero-order valence-corrected chi connectivity index (χ0v) is 6.26. The van der Waals surface area contributed by atoms with Gasteiger partial charge in [-0.2, -0.15) is 0 Å². The van der Waals surface area contributed by atoms with Gasteiger partial charge < -0.3 is 9.84 Å². The topological polar surface area (TPSA) is 46.5 Å². The van der Waals surface area contributed by atoms with Crippen molar-refractivity contribution in [2.24, 2.45) is 0 Å². The van der Waals surface area contributed by atoms with Gasteiger partial charge in [0, 0.05) is 6.08 Å². The van der Waals surface area contributed by atoms with Gasteiger partial charge in [-0.3, -0.25) is 0 Å². The van der Waals surface area contributed by atoms with E-state index in [1.54, 1.807) is 0 Å². The molecule has 0 aliphatic heterocycles. The molecule has 59 valence electrons. The summed E-state index contributed by atoms with van der Waals surface area (Å²) in [7, 11) is 0. The molecular weight excluding hydrogens is 144 g/mol. The Morgan fingerprint density at radius 1 is 1.82 bits per heavy atom. The maximum absolute atomic E-state index is 10.1. The maximum Gasteiger partial charge on any atom is 0.511 e. The monoisotopic (exact) mass is 153 g/mol. The van der Waals surface area contributed by atoms with Crippen molar-refractivity contribution in [1.29, 1.82) is 0 Å². The van der Waals surface area contributed by atoms with Gasteiger partial charge in [-0.1, -0.05) is 6.08 Å². The number of carboxylic acid groups (broad SMARTS) is 1. The zero-order valence-electron chi connectivity index (χ0n) is 6.26. The van der Waals surface area contributed by atoms with Gasteiger partial charge >= 0.3 is 6.16 Å². The summed E-state index contributed by atoms with van der Waals surface area (Å²) in [6, 6.07) is 0. The van der Waals surface area contributed by atoms with Crippen LogP contribution in [0.25, 0.3) is 0 Å². The van der Waals surface area contributed by atoms with E-state index in [0.29, 0.717) is 5.76 Å². The van der Waals surface area contributed by atoms with E-state index in [0.717, 1.165) is 18.4 Å². The van der Waals surface area contributed by atoms with Crippen molar-refractivity contribution in [2.45, 2.75) is 19.8 Å². The Balaban J connectivity index is 2.63. The van der Waals surface area contributed by atoms with Crippen LogP contribution in [-0.2, 0) is 4.74 Å². The van der Waals surface area contributed by atoms with Crippen molar-refractivity contribution in [3.8, 4) is 0 Å². The quantitative estimate of drug-likeness (QED) is 0.587. The normalized spacial score (nSPS) is 16.8. The lowest BCUT2D eigenvalue weighted by atomic mass is 10.1. The number of carbonyl (C=O) groups is 1. The summed E-state index contributed by atoms with van der Waals surface area (Å²) in [4.78, 5) is 10.1. The summed E-state index contributed by atoms with van der Waals surface area (Å²) in [5.41, 5.74) is 0.846. The van der Waals surface area contributed by atoms with Crippen molar-refractivity contribution < 1.29 is 14.6 Å². The number of hydrogen-bond acceptors (Lipinski definition) is 2. The summed E-state index contributed by atoms with van der Waals surface area (Å²) >= 11 is 0. The van der Waals surface area contributed by atoms with Gasteiger partial charge in [-0.05, 0) is 25.3 Å². The number of ether oxygens (including phenoxy) is 1. The molecule has 0 fully saturated rings. The molecule has 1 aliphatic rings. The second-order valence-corrected chi connectivity index (χ2v) is 2.30. The molecule has 0 aromatic rings. The third-order valence-corrected chi connectivity index (χ3v) is 1.43. The summed E-state index contributed by atoms with van der Waals surface area (Å²) in [6.45, 7) is 1.81. The van der Waals surface area contributed by atoms with Crippen LogP contribution in [0.3, 0.4) is 0 Å². The van der Waals surface area contributed by atoms with Crippen LogP contribution < -0.4 is 0 Å². The molecule has 0 heterocycles. The van der Waals surface area contributed by atoms with Gasteiger partial charge in [0.05, 0.1) is 0 Å². The van der Waals surface area contributed by atoms with Crippen LogP contribution in [0.5, 0.6) is 0 Å². The smallest absolute Gasteiger partial charge is 0.449 e. The fourth-order valence-corrected chi connectivity index (χ4v) is 0.910. The van der Waals surface area contributed by atoms with E-state index in [-0.39, 0.29) is 0 Å². The second kappa shape index (κ2) is 3.23. The Kier molecular flexibility index (Phi) is 2.31. The first-order valence-corrected chi connectivity index (χ1v) is 3.39. The van der Waals surface area contributed by atoms with Crippen LogP contribution in [0.15, 0.2) is 17.4 Å². The predicted molar refractivity (Wildman–Crippen MR) is 38.9 cm³/mol. The van der Waals surface area contributed by atoms with Gasteiger partial charge in [-0.15, -0.1) is 0 Å². The molecule has 0 unspecified atom stereocenters. The van der Waals surface area contributed by atoms with E-state index in [1.807, 2.05) is 13.0 Å². The summed E-state index contributed by atoms with van der Waals surface area (Å²) < 4.78 is 4.46. The lowest BCUT2D eigenvalue weighted by Crippen LogP contribution is -2.03. The van der Waals surface area contributed by atoms with Gasteiger partial charge in [0.25, 0.3) is 0 Å². The molecule has 1 radical (unpaired) electrons. The number of allylic oxidation sites excluding steroid dienone is 3. The minimum atomic E-state index is -1.28. The van der Waals surface area contributed by atoms with E-state index in [1.165, 1.54) is 0 Å². The Hall–Kier alpha value is -1.25. The molecule has 0 aromatic heterocycles. The Morgan fingerprint density at radius 2 is 2.55 bits per heavy atom. The minimum absolute atomic E-state index is 0.351. The predicted octanol–water partition coefficient (Wildman–Crippen LogP) is 2.11. The molecule has 11 heavy (non-hydrogen) atoms. The highest BCUT2D eigenvalue weighted by molar-refractivity contribution is 5.59. The van der Waals surface area contributed by atoms with Crippen molar-refractivity contribution in [3.05, 3.63) is 23.5 Å². The highest BCUT2D eigenvalue weighted by atomic mass is 16.7. The van der Waals surface area contributed by atoms with Gasteiger partial charge in [0.1, 0.15) is 5.76 Å². The van der Waals surface area contributed by atoms with Crippen LogP contribution in [-0.4, -0.2) is 11.3 Å². The standard InChI is InChI=1S/C8H9O3/c1-6-4-2-3-5-7(6)11-8(9)10/h4H,2-3H2,1H3,(H,9,10). The SMILES string of the molecule is CC1=CCC[C]=C1OC(=O)O. The maximum atomic E-state index is 10.1. The third kappa shape index (κ3) is 2.11. The zero-order chi connectivity index (χ0) is 8.27. The first-order chi connectivity index (χ1) is 5.20. The van der Waals surface area contributed by atoms with Crippen molar-refractivity contribution in [3.63, 3.8) is 0 Å². The molecule has 3 heteroatoms.